The van der Waals surface area contributed by atoms with Crippen molar-refractivity contribution in [3.05, 3.63) is 64.9 Å². The zero-order valence-electron chi connectivity index (χ0n) is 17.8. The van der Waals surface area contributed by atoms with E-state index >= 15 is 0 Å². The number of aryl methyl sites for hydroxylation is 1. The number of nitrogens with zero attached hydrogens (tertiary/aromatic N) is 1. The van der Waals surface area contributed by atoms with E-state index in [4.69, 9.17) is 9.47 Å². The Morgan fingerprint density at radius 3 is 2.67 bits per heavy atom. The van der Waals surface area contributed by atoms with Gasteiger partial charge >= 0.3 is 0 Å². The average Bonchev–Trinajstić information content (AvgIpc) is 3.07. The largest absolute Gasteiger partial charge is 0.493 e. The fraction of sp³-hybridized carbons (Fsp3) is 0.280. The van der Waals surface area contributed by atoms with Gasteiger partial charge in [-0.05, 0) is 49.1 Å². The molecule has 30 heavy (non-hydrogen) atoms. The van der Waals surface area contributed by atoms with E-state index in [1.165, 1.54) is 0 Å². The van der Waals surface area contributed by atoms with Gasteiger partial charge in [-0.3, -0.25) is 4.79 Å². The Hall–Kier alpha value is -3.52. The fourth-order valence-electron chi connectivity index (χ4n) is 3.32. The predicted molar refractivity (Wildman–Crippen MR) is 119 cm³/mol. The number of nitriles is 1. The third kappa shape index (κ3) is 4.55. The lowest BCUT2D eigenvalue weighted by atomic mass is 9.99. The molecule has 5 nitrogen and oxygen atoms in total. The van der Waals surface area contributed by atoms with Crippen LogP contribution in [0.3, 0.4) is 0 Å². The molecule has 0 saturated carbocycles. The number of carbonyl (C=O) groups is 1. The second-order valence-electron chi connectivity index (χ2n) is 7.61. The highest BCUT2D eigenvalue weighted by atomic mass is 16.5. The molecule has 0 aliphatic heterocycles. The van der Waals surface area contributed by atoms with Crippen LogP contribution in [-0.2, 0) is 0 Å². The molecule has 1 aromatic heterocycles. The molecule has 0 spiro atoms. The summed E-state index contributed by atoms with van der Waals surface area (Å²) in [5.74, 6) is 1.46. The van der Waals surface area contributed by atoms with Gasteiger partial charge in [0.1, 0.15) is 11.6 Å². The van der Waals surface area contributed by atoms with Crippen LogP contribution in [0.15, 0.2) is 48.0 Å². The Morgan fingerprint density at radius 1 is 1.20 bits per heavy atom. The topological polar surface area (TPSA) is 75.1 Å². The molecule has 1 heterocycles. The first-order chi connectivity index (χ1) is 14.4. The lowest BCUT2D eigenvalue weighted by Gasteiger charge is -2.12. The summed E-state index contributed by atoms with van der Waals surface area (Å²) in [5.41, 5.74) is 2.91. The molecule has 0 unspecified atom stereocenters. The molecule has 3 aromatic rings. The number of hydrogen-bond donors (Lipinski definition) is 1. The summed E-state index contributed by atoms with van der Waals surface area (Å²) >= 11 is 0. The van der Waals surface area contributed by atoms with Gasteiger partial charge in [-0.1, -0.05) is 38.1 Å². The second-order valence-corrected chi connectivity index (χ2v) is 7.61. The van der Waals surface area contributed by atoms with Crippen LogP contribution in [0.4, 0.5) is 0 Å². The number of ketones is 1. The minimum absolute atomic E-state index is 0.0679. The summed E-state index contributed by atoms with van der Waals surface area (Å²) in [4.78, 5) is 16.3. The number of aromatic nitrogens is 1. The maximum Gasteiger partial charge on any atom is 0.205 e. The van der Waals surface area contributed by atoms with Gasteiger partial charge in [-0.25, -0.2) is 0 Å². The molecular formula is C25H26N2O3. The number of nitrogens with one attached hydrogen (secondary N) is 1. The molecule has 154 valence electrons. The molecule has 0 atom stereocenters. The smallest absolute Gasteiger partial charge is 0.205 e. The van der Waals surface area contributed by atoms with E-state index in [1.807, 2.05) is 37.3 Å². The van der Waals surface area contributed by atoms with E-state index in [0.29, 0.717) is 35.2 Å². The quantitative estimate of drug-likeness (QED) is 0.298. The van der Waals surface area contributed by atoms with Gasteiger partial charge in [0.25, 0.3) is 0 Å². The third-order valence-corrected chi connectivity index (χ3v) is 4.94. The average molecular weight is 402 g/mol. The van der Waals surface area contributed by atoms with Crippen LogP contribution in [0.5, 0.6) is 11.5 Å². The van der Waals surface area contributed by atoms with Crippen LogP contribution in [-0.4, -0.2) is 24.5 Å². The molecular weight excluding hydrogens is 376 g/mol. The van der Waals surface area contributed by atoms with Gasteiger partial charge in [0.2, 0.25) is 5.78 Å². The Morgan fingerprint density at radius 2 is 1.97 bits per heavy atom. The summed E-state index contributed by atoms with van der Waals surface area (Å²) < 4.78 is 11.3. The number of methoxy groups -OCH3 is 1. The molecule has 0 radical (unpaired) electrons. The molecule has 5 heteroatoms. The Labute approximate surface area is 176 Å². The van der Waals surface area contributed by atoms with Crippen molar-refractivity contribution in [1.82, 2.24) is 4.98 Å². The highest BCUT2D eigenvalue weighted by Gasteiger charge is 2.20. The first kappa shape index (κ1) is 21.2. The molecule has 0 aliphatic carbocycles. The minimum Gasteiger partial charge on any atom is -0.493 e. The van der Waals surface area contributed by atoms with Crippen molar-refractivity contribution in [3.63, 3.8) is 0 Å². The van der Waals surface area contributed by atoms with E-state index in [0.717, 1.165) is 23.0 Å². The molecule has 0 bridgehead atoms. The number of hydrogen-bond acceptors (Lipinski definition) is 4. The van der Waals surface area contributed by atoms with Gasteiger partial charge in [0.15, 0.2) is 11.5 Å². The highest BCUT2D eigenvalue weighted by molar-refractivity contribution is 6.20. The molecule has 0 fully saturated rings. The van der Waals surface area contributed by atoms with Crippen LogP contribution in [0.2, 0.25) is 0 Å². The standard InChI is InChI=1S/C25H26N2O3/c1-16(2)11-12-30-22-10-9-18(14-23(22)29-4)13-19(15-26)25(28)24-17(3)27-21-8-6-5-7-20(21)24/h5-10,13-14,16,27H,11-12H2,1-4H3/b19-13+. The van der Waals surface area contributed by atoms with Crippen molar-refractivity contribution in [2.75, 3.05) is 13.7 Å². The minimum atomic E-state index is -0.302. The first-order valence-corrected chi connectivity index (χ1v) is 9.99. The van der Waals surface area contributed by atoms with Crippen molar-refractivity contribution >= 4 is 22.8 Å². The number of carbonyl (C=O) groups excluding carboxylic acids is 1. The van der Waals surface area contributed by atoms with E-state index in [1.54, 1.807) is 25.3 Å². The highest BCUT2D eigenvalue weighted by Crippen LogP contribution is 2.30. The van der Waals surface area contributed by atoms with Gasteiger partial charge in [-0.15, -0.1) is 0 Å². The van der Waals surface area contributed by atoms with Crippen molar-refractivity contribution in [2.24, 2.45) is 5.92 Å². The Kier molecular flexibility index (Phi) is 6.58. The lowest BCUT2D eigenvalue weighted by Crippen LogP contribution is -2.04. The lowest BCUT2D eigenvalue weighted by molar-refractivity contribution is 0.104. The molecule has 0 saturated heterocycles. The van der Waals surface area contributed by atoms with E-state index < -0.39 is 0 Å². The van der Waals surface area contributed by atoms with Gasteiger partial charge < -0.3 is 14.5 Å². The van der Waals surface area contributed by atoms with E-state index in [-0.39, 0.29) is 11.4 Å². The number of H-pyrrole nitrogens is 1. The van der Waals surface area contributed by atoms with Crippen LogP contribution >= 0.6 is 0 Å². The van der Waals surface area contributed by atoms with Crippen molar-refractivity contribution in [3.8, 4) is 17.6 Å². The molecule has 1 N–H and O–H groups in total. The number of para-hydroxylation sites is 1. The number of benzene rings is 2. The zero-order valence-corrected chi connectivity index (χ0v) is 17.8. The normalized spacial score (nSPS) is 11.5. The maximum atomic E-state index is 13.1. The molecule has 3 rings (SSSR count). The Bertz CT molecular complexity index is 1130. The second kappa shape index (κ2) is 9.32. The van der Waals surface area contributed by atoms with Crippen LogP contribution in [0, 0.1) is 24.2 Å². The van der Waals surface area contributed by atoms with E-state index in [9.17, 15) is 10.1 Å². The van der Waals surface area contributed by atoms with Crippen molar-refractivity contribution < 1.29 is 14.3 Å². The van der Waals surface area contributed by atoms with Crippen LogP contribution < -0.4 is 9.47 Å². The van der Waals surface area contributed by atoms with Crippen molar-refractivity contribution in [2.45, 2.75) is 27.2 Å². The van der Waals surface area contributed by atoms with Gasteiger partial charge in [0.05, 0.1) is 19.3 Å². The van der Waals surface area contributed by atoms with E-state index in [2.05, 4.69) is 24.9 Å². The van der Waals surface area contributed by atoms with Gasteiger partial charge in [0, 0.05) is 16.6 Å². The Balaban J connectivity index is 1.91. The fourth-order valence-corrected chi connectivity index (χ4v) is 3.32. The first-order valence-electron chi connectivity index (χ1n) is 9.99. The van der Waals surface area contributed by atoms with Crippen molar-refractivity contribution in [1.29, 1.82) is 5.26 Å². The number of Topliss-reactive ketones (excluding diaryl/α,β-unsaturated/α-hetero) is 1. The monoisotopic (exact) mass is 402 g/mol. The summed E-state index contributed by atoms with van der Waals surface area (Å²) in [6.07, 6.45) is 2.53. The summed E-state index contributed by atoms with van der Waals surface area (Å²) in [7, 11) is 1.57. The SMILES string of the molecule is COc1cc(/C=C(\C#N)C(=O)c2c(C)[nH]c3ccccc23)ccc1OCCC(C)C. The number of allylic oxidation sites excluding steroid dienone is 1. The maximum absolute atomic E-state index is 13.1. The summed E-state index contributed by atoms with van der Waals surface area (Å²) in [6, 6.07) is 15.0. The third-order valence-electron chi connectivity index (χ3n) is 4.94. The summed E-state index contributed by atoms with van der Waals surface area (Å²) in [5, 5.41) is 10.5. The number of aromatic amines is 1. The number of fused-ring (bicyclic) bond motifs is 1. The van der Waals surface area contributed by atoms with Crippen LogP contribution in [0.1, 0.15) is 41.9 Å². The van der Waals surface area contributed by atoms with Crippen LogP contribution in [0.25, 0.3) is 17.0 Å². The molecule has 2 aromatic carbocycles. The predicted octanol–water partition coefficient (Wildman–Crippen LogP) is 5.70. The van der Waals surface area contributed by atoms with Gasteiger partial charge in [-0.2, -0.15) is 5.26 Å². The molecule has 0 amide bonds. The molecule has 0 aliphatic rings. The number of rotatable bonds is 8. The zero-order chi connectivity index (χ0) is 21.7. The summed E-state index contributed by atoms with van der Waals surface area (Å²) in [6.45, 7) is 6.73. The number of ether oxygens (including phenoxy) is 2.